The van der Waals surface area contributed by atoms with Crippen molar-refractivity contribution in [1.82, 2.24) is 4.98 Å². The number of benzene rings is 1. The second-order valence-corrected chi connectivity index (χ2v) is 7.37. The lowest BCUT2D eigenvalue weighted by atomic mass is 10.1. The molecule has 3 aromatic rings. The minimum atomic E-state index is -0.278. The Morgan fingerprint density at radius 2 is 1.93 bits per heavy atom. The van der Waals surface area contributed by atoms with Crippen molar-refractivity contribution in [1.29, 1.82) is 0 Å². The number of aryl methyl sites for hydroxylation is 2. The van der Waals surface area contributed by atoms with Crippen molar-refractivity contribution in [2.24, 2.45) is 0 Å². The van der Waals surface area contributed by atoms with E-state index in [1.807, 2.05) is 24.3 Å². The number of thiazole rings is 1. The van der Waals surface area contributed by atoms with Gasteiger partial charge in [0, 0.05) is 11.1 Å². The summed E-state index contributed by atoms with van der Waals surface area (Å²) < 4.78 is 5.13. The van der Waals surface area contributed by atoms with E-state index in [-0.39, 0.29) is 18.2 Å². The van der Waals surface area contributed by atoms with Crippen LogP contribution in [0.2, 0.25) is 0 Å². The van der Waals surface area contributed by atoms with Crippen molar-refractivity contribution in [2.75, 3.05) is 10.6 Å². The average Bonchev–Trinajstić information content (AvgIpc) is 3.29. The summed E-state index contributed by atoms with van der Waals surface area (Å²) in [5, 5.41) is 7.83. The fourth-order valence-electron chi connectivity index (χ4n) is 2.74. The van der Waals surface area contributed by atoms with Crippen LogP contribution in [0.1, 0.15) is 47.1 Å². The van der Waals surface area contributed by atoms with Gasteiger partial charge in [0.25, 0.3) is 5.91 Å². The zero-order valence-electron chi connectivity index (χ0n) is 16.0. The van der Waals surface area contributed by atoms with Crippen LogP contribution in [0, 0.1) is 6.92 Å². The van der Waals surface area contributed by atoms with E-state index in [1.165, 1.54) is 23.2 Å². The minimum Gasteiger partial charge on any atom is -0.469 e. The summed E-state index contributed by atoms with van der Waals surface area (Å²) >= 11 is 1.29. The third-order valence-corrected chi connectivity index (χ3v) is 5.08. The first-order chi connectivity index (χ1) is 13.5. The van der Waals surface area contributed by atoms with E-state index in [4.69, 9.17) is 4.42 Å². The van der Waals surface area contributed by atoms with Crippen LogP contribution in [0.5, 0.6) is 0 Å². The molecule has 0 atom stereocenters. The SMILES string of the molecule is CCCCc1ccc(NC(=O)Cc2csc(NC(=O)c3ccoc3C)n2)cc1. The Kier molecular flexibility index (Phi) is 6.60. The van der Waals surface area contributed by atoms with Crippen molar-refractivity contribution in [3.63, 3.8) is 0 Å². The predicted molar refractivity (Wildman–Crippen MR) is 111 cm³/mol. The molecule has 0 saturated carbocycles. The number of amides is 2. The van der Waals surface area contributed by atoms with Gasteiger partial charge in [-0.1, -0.05) is 25.5 Å². The van der Waals surface area contributed by atoms with E-state index in [0.29, 0.717) is 22.1 Å². The summed E-state index contributed by atoms with van der Waals surface area (Å²) in [7, 11) is 0. The molecule has 1 aromatic carbocycles. The Balaban J connectivity index is 1.52. The van der Waals surface area contributed by atoms with E-state index in [1.54, 1.807) is 18.4 Å². The Bertz CT molecular complexity index is 944. The van der Waals surface area contributed by atoms with Gasteiger partial charge in [0.2, 0.25) is 5.91 Å². The summed E-state index contributed by atoms with van der Waals surface area (Å²) in [6.07, 6.45) is 4.99. The number of hydrogen-bond acceptors (Lipinski definition) is 5. The van der Waals surface area contributed by atoms with Crippen LogP contribution in [0.3, 0.4) is 0 Å². The van der Waals surface area contributed by atoms with Crippen LogP contribution in [-0.2, 0) is 17.6 Å². The van der Waals surface area contributed by atoms with E-state index in [9.17, 15) is 9.59 Å². The first kappa shape index (κ1) is 19.8. The smallest absolute Gasteiger partial charge is 0.260 e. The average molecular weight is 398 g/mol. The number of rotatable bonds is 8. The van der Waals surface area contributed by atoms with Crippen LogP contribution < -0.4 is 10.6 Å². The summed E-state index contributed by atoms with van der Waals surface area (Å²) in [6.45, 7) is 3.89. The van der Waals surface area contributed by atoms with E-state index < -0.39 is 0 Å². The number of unbranched alkanes of at least 4 members (excludes halogenated alkanes) is 1. The third-order valence-electron chi connectivity index (χ3n) is 4.27. The van der Waals surface area contributed by atoms with Gasteiger partial charge >= 0.3 is 0 Å². The second kappa shape index (κ2) is 9.32. The first-order valence-electron chi connectivity index (χ1n) is 9.23. The van der Waals surface area contributed by atoms with Crippen LogP contribution in [0.25, 0.3) is 0 Å². The maximum Gasteiger partial charge on any atom is 0.260 e. The molecule has 3 rings (SSSR count). The molecule has 6 nitrogen and oxygen atoms in total. The summed E-state index contributed by atoms with van der Waals surface area (Å²) in [5.74, 6) is 0.129. The second-order valence-electron chi connectivity index (χ2n) is 6.51. The van der Waals surface area contributed by atoms with Gasteiger partial charge < -0.3 is 9.73 Å². The van der Waals surface area contributed by atoms with Crippen LogP contribution in [-0.4, -0.2) is 16.8 Å². The van der Waals surface area contributed by atoms with Crippen LogP contribution in [0.15, 0.2) is 46.4 Å². The molecule has 2 N–H and O–H groups in total. The molecule has 2 amide bonds. The largest absolute Gasteiger partial charge is 0.469 e. The highest BCUT2D eigenvalue weighted by molar-refractivity contribution is 7.14. The quantitative estimate of drug-likeness (QED) is 0.571. The lowest BCUT2D eigenvalue weighted by Crippen LogP contribution is -2.15. The van der Waals surface area contributed by atoms with Gasteiger partial charge in [-0.2, -0.15) is 0 Å². The zero-order valence-corrected chi connectivity index (χ0v) is 16.8. The summed E-state index contributed by atoms with van der Waals surface area (Å²) in [4.78, 5) is 28.7. The molecule has 0 bridgehead atoms. The number of carbonyl (C=O) groups excluding carboxylic acids is 2. The highest BCUT2D eigenvalue weighted by Crippen LogP contribution is 2.19. The lowest BCUT2D eigenvalue weighted by molar-refractivity contribution is -0.115. The summed E-state index contributed by atoms with van der Waals surface area (Å²) in [6, 6.07) is 9.53. The Morgan fingerprint density at radius 1 is 1.14 bits per heavy atom. The van der Waals surface area contributed by atoms with Crippen molar-refractivity contribution >= 4 is 34.0 Å². The van der Waals surface area contributed by atoms with E-state index in [0.717, 1.165) is 24.9 Å². The molecule has 2 aromatic heterocycles. The molecule has 0 spiro atoms. The Morgan fingerprint density at radius 3 is 2.61 bits per heavy atom. The number of nitrogens with one attached hydrogen (secondary N) is 2. The maximum absolute atomic E-state index is 12.3. The molecule has 28 heavy (non-hydrogen) atoms. The van der Waals surface area contributed by atoms with Gasteiger partial charge in [0.15, 0.2) is 5.13 Å². The number of hydrogen-bond donors (Lipinski definition) is 2. The molecule has 0 unspecified atom stereocenters. The normalized spacial score (nSPS) is 10.6. The monoisotopic (exact) mass is 397 g/mol. The molecular formula is C21H23N3O3S. The van der Waals surface area contributed by atoms with Gasteiger partial charge in [0.05, 0.1) is 23.9 Å². The maximum atomic E-state index is 12.3. The predicted octanol–water partition coefficient (Wildman–Crippen LogP) is 4.82. The number of carbonyl (C=O) groups is 2. The van der Waals surface area contributed by atoms with Gasteiger partial charge in [0.1, 0.15) is 5.76 Å². The number of nitrogens with zero attached hydrogens (tertiary/aromatic N) is 1. The molecule has 2 heterocycles. The third kappa shape index (κ3) is 5.29. The van der Waals surface area contributed by atoms with E-state index in [2.05, 4.69) is 22.5 Å². The topological polar surface area (TPSA) is 84.2 Å². The molecule has 0 aliphatic heterocycles. The first-order valence-corrected chi connectivity index (χ1v) is 10.1. The van der Waals surface area contributed by atoms with Gasteiger partial charge in [-0.25, -0.2) is 4.98 Å². The molecule has 0 aliphatic carbocycles. The summed E-state index contributed by atoms with van der Waals surface area (Å²) in [5.41, 5.74) is 3.12. The molecule has 7 heteroatoms. The van der Waals surface area contributed by atoms with Crippen LogP contribution >= 0.6 is 11.3 Å². The van der Waals surface area contributed by atoms with Crippen molar-refractivity contribution in [2.45, 2.75) is 39.5 Å². The number of anilines is 2. The van der Waals surface area contributed by atoms with Crippen molar-refractivity contribution < 1.29 is 14.0 Å². The molecule has 0 saturated heterocycles. The highest BCUT2D eigenvalue weighted by atomic mass is 32.1. The van der Waals surface area contributed by atoms with Crippen molar-refractivity contribution in [3.05, 3.63) is 64.6 Å². The zero-order chi connectivity index (χ0) is 19.9. The fraction of sp³-hybridized carbons (Fsp3) is 0.286. The van der Waals surface area contributed by atoms with Crippen molar-refractivity contribution in [3.8, 4) is 0 Å². The van der Waals surface area contributed by atoms with E-state index >= 15 is 0 Å². The molecule has 146 valence electrons. The lowest BCUT2D eigenvalue weighted by Gasteiger charge is -2.06. The Labute approximate surface area is 168 Å². The molecular weight excluding hydrogens is 374 g/mol. The molecule has 0 fully saturated rings. The van der Waals surface area contributed by atoms with Gasteiger partial charge in [-0.3, -0.25) is 14.9 Å². The number of furan rings is 1. The highest BCUT2D eigenvalue weighted by Gasteiger charge is 2.14. The Hall–Kier alpha value is -2.93. The minimum absolute atomic E-state index is 0.143. The van der Waals surface area contributed by atoms with Gasteiger partial charge in [-0.15, -0.1) is 11.3 Å². The number of aromatic nitrogens is 1. The molecule has 0 radical (unpaired) electrons. The standard InChI is InChI=1S/C21H23N3O3S/c1-3-4-5-15-6-8-16(9-7-15)22-19(25)12-17-13-28-21(23-17)24-20(26)18-10-11-27-14(18)2/h6-11,13H,3-5,12H2,1-2H3,(H,22,25)(H,23,24,26). The molecule has 0 aliphatic rings. The van der Waals surface area contributed by atoms with Crippen LogP contribution in [0.4, 0.5) is 10.8 Å². The fourth-order valence-corrected chi connectivity index (χ4v) is 3.44. The van der Waals surface area contributed by atoms with Gasteiger partial charge in [-0.05, 0) is 43.5 Å².